The molecule has 16 heavy (non-hydrogen) atoms. The number of anilines is 1. The van der Waals surface area contributed by atoms with Crippen LogP contribution in [-0.4, -0.2) is 26.5 Å². The Morgan fingerprint density at radius 1 is 1.38 bits per heavy atom. The average molecular weight is 282 g/mol. The lowest BCUT2D eigenvalue weighted by molar-refractivity contribution is 0.598. The molecule has 0 spiro atoms. The summed E-state index contributed by atoms with van der Waals surface area (Å²) in [6, 6.07) is 4.97. The first kappa shape index (κ1) is 13.6. The van der Waals surface area contributed by atoms with E-state index in [1.54, 1.807) is 25.1 Å². The third kappa shape index (κ3) is 4.20. The SMILES string of the molecule is CC(CS(C)(=O)=O)Nc1cccc(Cl)c1Cl. The Bertz CT molecular complexity index is 474. The predicted octanol–water partition coefficient (Wildman–Crippen LogP) is 2.84. The maximum absolute atomic E-state index is 11.1. The molecule has 0 aromatic heterocycles. The van der Waals surface area contributed by atoms with E-state index in [0.29, 0.717) is 15.7 Å². The molecule has 0 bridgehead atoms. The summed E-state index contributed by atoms with van der Waals surface area (Å²) in [5.74, 6) is 0.0514. The quantitative estimate of drug-likeness (QED) is 0.923. The van der Waals surface area contributed by atoms with Gasteiger partial charge < -0.3 is 5.32 Å². The smallest absolute Gasteiger partial charge is 0.149 e. The minimum atomic E-state index is -3.01. The molecule has 1 atom stereocenters. The van der Waals surface area contributed by atoms with Crippen molar-refractivity contribution in [3.63, 3.8) is 0 Å². The minimum absolute atomic E-state index is 0.0514. The van der Waals surface area contributed by atoms with Gasteiger partial charge in [-0.1, -0.05) is 29.3 Å². The number of nitrogens with one attached hydrogen (secondary N) is 1. The lowest BCUT2D eigenvalue weighted by Crippen LogP contribution is -2.25. The van der Waals surface area contributed by atoms with Crippen molar-refractivity contribution in [3.05, 3.63) is 28.2 Å². The van der Waals surface area contributed by atoms with Gasteiger partial charge in [-0.15, -0.1) is 0 Å². The van der Waals surface area contributed by atoms with Crippen LogP contribution < -0.4 is 5.32 Å². The standard InChI is InChI=1S/C10H13Cl2NO2S/c1-7(6-16(2,14)15)13-9-5-3-4-8(11)10(9)12/h3-5,7,13H,6H2,1-2H3. The first-order chi connectivity index (χ1) is 7.29. The predicted molar refractivity (Wildman–Crippen MR) is 69.3 cm³/mol. The summed E-state index contributed by atoms with van der Waals surface area (Å²) in [5.41, 5.74) is 0.644. The van der Waals surface area contributed by atoms with Gasteiger partial charge in [0.2, 0.25) is 0 Å². The van der Waals surface area contributed by atoms with Crippen molar-refractivity contribution in [3.8, 4) is 0 Å². The van der Waals surface area contributed by atoms with Gasteiger partial charge in [0.15, 0.2) is 0 Å². The van der Waals surface area contributed by atoms with Gasteiger partial charge in [-0.3, -0.25) is 0 Å². The molecule has 0 aliphatic carbocycles. The summed E-state index contributed by atoms with van der Waals surface area (Å²) in [6.07, 6.45) is 1.20. The first-order valence-electron chi connectivity index (χ1n) is 4.68. The molecular formula is C10H13Cl2NO2S. The van der Waals surface area contributed by atoms with E-state index < -0.39 is 9.84 Å². The molecule has 0 amide bonds. The maximum atomic E-state index is 11.1. The van der Waals surface area contributed by atoms with Crippen molar-refractivity contribution >= 4 is 38.7 Å². The Kier molecular flexibility index (Phi) is 4.47. The summed E-state index contributed by atoms with van der Waals surface area (Å²) in [4.78, 5) is 0. The second-order valence-corrected chi connectivity index (χ2v) is 6.71. The van der Waals surface area contributed by atoms with E-state index in [2.05, 4.69) is 5.32 Å². The Labute approximate surface area is 106 Å². The summed E-state index contributed by atoms with van der Waals surface area (Å²) < 4.78 is 22.2. The van der Waals surface area contributed by atoms with Crippen LogP contribution in [0.25, 0.3) is 0 Å². The van der Waals surface area contributed by atoms with Crippen molar-refractivity contribution in [2.24, 2.45) is 0 Å². The van der Waals surface area contributed by atoms with E-state index in [4.69, 9.17) is 23.2 Å². The Balaban J connectivity index is 2.77. The monoisotopic (exact) mass is 281 g/mol. The van der Waals surface area contributed by atoms with E-state index in [0.717, 1.165) is 0 Å². The molecule has 0 heterocycles. The fourth-order valence-electron chi connectivity index (χ4n) is 1.38. The van der Waals surface area contributed by atoms with Gasteiger partial charge in [0.05, 0.1) is 21.5 Å². The number of halogens is 2. The maximum Gasteiger partial charge on any atom is 0.149 e. The molecular weight excluding hydrogens is 269 g/mol. The Morgan fingerprint density at radius 2 is 2.00 bits per heavy atom. The minimum Gasteiger partial charge on any atom is -0.380 e. The van der Waals surface area contributed by atoms with Crippen LogP contribution >= 0.6 is 23.2 Å². The molecule has 1 aromatic carbocycles. The highest BCUT2D eigenvalue weighted by Crippen LogP contribution is 2.29. The zero-order valence-corrected chi connectivity index (χ0v) is 11.3. The fourth-order valence-corrected chi connectivity index (χ4v) is 2.72. The van der Waals surface area contributed by atoms with Crippen molar-refractivity contribution in [2.75, 3.05) is 17.3 Å². The Hall–Kier alpha value is -0.450. The molecule has 0 aliphatic rings. The van der Waals surface area contributed by atoms with E-state index in [-0.39, 0.29) is 11.8 Å². The molecule has 0 radical (unpaired) electrons. The van der Waals surface area contributed by atoms with Gasteiger partial charge in [0.25, 0.3) is 0 Å². The second-order valence-electron chi connectivity index (χ2n) is 3.74. The van der Waals surface area contributed by atoms with Gasteiger partial charge >= 0.3 is 0 Å². The summed E-state index contributed by atoms with van der Waals surface area (Å²) in [5, 5.41) is 3.86. The highest BCUT2D eigenvalue weighted by Gasteiger charge is 2.12. The van der Waals surface area contributed by atoms with Crippen molar-refractivity contribution in [1.82, 2.24) is 0 Å². The van der Waals surface area contributed by atoms with Crippen LogP contribution in [0.2, 0.25) is 10.0 Å². The molecule has 1 N–H and O–H groups in total. The van der Waals surface area contributed by atoms with Crippen molar-refractivity contribution < 1.29 is 8.42 Å². The van der Waals surface area contributed by atoms with Crippen molar-refractivity contribution in [2.45, 2.75) is 13.0 Å². The molecule has 90 valence electrons. The highest BCUT2D eigenvalue weighted by atomic mass is 35.5. The third-order valence-electron chi connectivity index (χ3n) is 1.91. The Morgan fingerprint density at radius 3 is 2.56 bits per heavy atom. The molecule has 0 saturated heterocycles. The van der Waals surface area contributed by atoms with Gasteiger partial charge in [-0.05, 0) is 19.1 Å². The van der Waals surface area contributed by atoms with Crippen LogP contribution in [-0.2, 0) is 9.84 Å². The third-order valence-corrected chi connectivity index (χ3v) is 3.83. The van der Waals surface area contributed by atoms with Crippen molar-refractivity contribution in [1.29, 1.82) is 0 Å². The van der Waals surface area contributed by atoms with E-state index in [1.165, 1.54) is 6.26 Å². The molecule has 0 fully saturated rings. The number of benzene rings is 1. The van der Waals surface area contributed by atoms with Gasteiger partial charge in [-0.2, -0.15) is 0 Å². The van der Waals surface area contributed by atoms with Gasteiger partial charge in [-0.25, -0.2) is 8.42 Å². The van der Waals surface area contributed by atoms with Gasteiger partial charge in [0, 0.05) is 12.3 Å². The lowest BCUT2D eigenvalue weighted by Gasteiger charge is -2.15. The van der Waals surface area contributed by atoms with E-state index in [1.807, 2.05) is 0 Å². The zero-order valence-electron chi connectivity index (χ0n) is 9.00. The van der Waals surface area contributed by atoms with Crippen LogP contribution in [0.15, 0.2) is 18.2 Å². The topological polar surface area (TPSA) is 46.2 Å². The number of rotatable bonds is 4. The summed E-state index contributed by atoms with van der Waals surface area (Å²) >= 11 is 11.8. The van der Waals surface area contributed by atoms with Crippen LogP contribution in [0.4, 0.5) is 5.69 Å². The van der Waals surface area contributed by atoms with Gasteiger partial charge in [0.1, 0.15) is 9.84 Å². The second kappa shape index (κ2) is 5.25. The van der Waals surface area contributed by atoms with Crippen LogP contribution in [0, 0.1) is 0 Å². The lowest BCUT2D eigenvalue weighted by atomic mass is 10.3. The van der Waals surface area contributed by atoms with E-state index in [9.17, 15) is 8.42 Å². The molecule has 6 heteroatoms. The molecule has 1 unspecified atom stereocenters. The normalized spacial score (nSPS) is 13.5. The molecule has 1 rings (SSSR count). The molecule has 0 saturated carbocycles. The summed E-state index contributed by atoms with van der Waals surface area (Å²) in [7, 11) is -3.01. The molecule has 0 aliphatic heterocycles. The first-order valence-corrected chi connectivity index (χ1v) is 7.49. The number of hydrogen-bond acceptors (Lipinski definition) is 3. The largest absolute Gasteiger partial charge is 0.380 e. The molecule has 1 aromatic rings. The fraction of sp³-hybridized carbons (Fsp3) is 0.400. The number of sulfone groups is 1. The molecule has 3 nitrogen and oxygen atoms in total. The van der Waals surface area contributed by atoms with E-state index >= 15 is 0 Å². The zero-order chi connectivity index (χ0) is 12.3. The average Bonchev–Trinajstić information content (AvgIpc) is 2.09. The number of hydrogen-bond donors (Lipinski definition) is 1. The van der Waals surface area contributed by atoms with Crippen LogP contribution in [0.1, 0.15) is 6.92 Å². The van der Waals surface area contributed by atoms with Crippen LogP contribution in [0.5, 0.6) is 0 Å². The van der Waals surface area contributed by atoms with Crippen LogP contribution in [0.3, 0.4) is 0 Å². The highest BCUT2D eigenvalue weighted by molar-refractivity contribution is 7.90. The summed E-state index contributed by atoms with van der Waals surface area (Å²) in [6.45, 7) is 1.78.